The van der Waals surface area contributed by atoms with E-state index in [4.69, 9.17) is 0 Å². The lowest BCUT2D eigenvalue weighted by molar-refractivity contribution is -0.387. The lowest BCUT2D eigenvalue weighted by Gasteiger charge is -2.25. The summed E-state index contributed by atoms with van der Waals surface area (Å²) in [6, 6.07) is 14.5. The van der Waals surface area contributed by atoms with E-state index in [1.807, 2.05) is 35.2 Å². The van der Waals surface area contributed by atoms with Gasteiger partial charge in [0.2, 0.25) is 0 Å². The van der Waals surface area contributed by atoms with Gasteiger partial charge in [-0.25, -0.2) is 8.42 Å². The highest BCUT2D eigenvalue weighted by Crippen LogP contribution is 2.35. The van der Waals surface area contributed by atoms with Gasteiger partial charge < -0.3 is 9.80 Å². The summed E-state index contributed by atoms with van der Waals surface area (Å²) in [5.41, 5.74) is 1.16. The normalized spacial score (nSPS) is 15.6. The second-order valence-corrected chi connectivity index (χ2v) is 8.30. The van der Waals surface area contributed by atoms with Crippen molar-refractivity contribution in [2.24, 2.45) is 0 Å². The summed E-state index contributed by atoms with van der Waals surface area (Å²) in [4.78, 5) is 14.9. The fourth-order valence-corrected chi connectivity index (χ4v) is 4.16. The van der Waals surface area contributed by atoms with Gasteiger partial charge in [0.15, 0.2) is 9.84 Å². The molecule has 1 fully saturated rings. The minimum Gasteiger partial charge on any atom is -0.370 e. The van der Waals surface area contributed by atoms with Crippen LogP contribution in [0, 0.1) is 10.1 Å². The molecule has 2 aromatic rings. The molecule has 8 heteroatoms. The highest BCUT2D eigenvalue weighted by Gasteiger charge is 2.29. The Bertz CT molecular complexity index is 900. The first kappa shape index (κ1) is 18.2. The van der Waals surface area contributed by atoms with E-state index in [0.29, 0.717) is 25.3 Å². The van der Waals surface area contributed by atoms with Crippen molar-refractivity contribution in [3.05, 3.63) is 58.6 Å². The number of benzene rings is 2. The summed E-state index contributed by atoms with van der Waals surface area (Å²) in [5, 5.41) is 11.6. The zero-order valence-corrected chi connectivity index (χ0v) is 15.4. The fourth-order valence-electron chi connectivity index (χ4n) is 3.30. The molecule has 1 heterocycles. The second-order valence-electron chi connectivity index (χ2n) is 6.32. The zero-order valence-electron chi connectivity index (χ0n) is 14.5. The molecule has 2 aromatic carbocycles. The summed E-state index contributed by atoms with van der Waals surface area (Å²) < 4.78 is 23.9. The summed E-state index contributed by atoms with van der Waals surface area (Å²) in [6.45, 7) is 2.78. The van der Waals surface area contributed by atoms with Gasteiger partial charge in [0, 0.05) is 38.1 Å². The van der Waals surface area contributed by atoms with Crippen LogP contribution in [0.2, 0.25) is 0 Å². The van der Waals surface area contributed by atoms with Crippen LogP contribution in [0.4, 0.5) is 17.1 Å². The van der Waals surface area contributed by atoms with Crippen molar-refractivity contribution in [1.29, 1.82) is 0 Å². The molecular formula is C18H21N3O4S. The van der Waals surface area contributed by atoms with Crippen molar-refractivity contribution in [3.8, 4) is 0 Å². The smallest absolute Gasteiger partial charge is 0.311 e. The highest BCUT2D eigenvalue weighted by molar-refractivity contribution is 7.90. The van der Waals surface area contributed by atoms with Gasteiger partial charge in [0.1, 0.15) is 10.6 Å². The van der Waals surface area contributed by atoms with Crippen LogP contribution in [-0.4, -0.2) is 45.8 Å². The third kappa shape index (κ3) is 3.80. The van der Waals surface area contributed by atoms with E-state index >= 15 is 0 Å². The minimum absolute atomic E-state index is 0.232. The van der Waals surface area contributed by atoms with Crippen LogP contribution in [0.25, 0.3) is 0 Å². The van der Waals surface area contributed by atoms with Crippen LogP contribution in [0.3, 0.4) is 0 Å². The molecule has 138 valence electrons. The molecule has 0 N–H and O–H groups in total. The van der Waals surface area contributed by atoms with Gasteiger partial charge in [-0.2, -0.15) is 0 Å². The van der Waals surface area contributed by atoms with E-state index in [1.54, 1.807) is 12.1 Å². The van der Waals surface area contributed by atoms with Gasteiger partial charge in [-0.05, 0) is 30.7 Å². The number of nitrogens with zero attached hydrogens (tertiary/aromatic N) is 3. The van der Waals surface area contributed by atoms with Crippen LogP contribution >= 0.6 is 0 Å². The van der Waals surface area contributed by atoms with Crippen LogP contribution in [0.5, 0.6) is 0 Å². The molecule has 0 aromatic heterocycles. The molecule has 7 nitrogen and oxygen atoms in total. The van der Waals surface area contributed by atoms with E-state index in [2.05, 4.69) is 4.90 Å². The van der Waals surface area contributed by atoms with Gasteiger partial charge in [-0.1, -0.05) is 24.3 Å². The highest BCUT2D eigenvalue weighted by atomic mass is 32.2. The average molecular weight is 375 g/mol. The number of nitro groups is 1. The molecule has 0 bridgehead atoms. The molecule has 0 atom stereocenters. The summed E-state index contributed by atoms with van der Waals surface area (Å²) in [7, 11) is -3.68. The van der Waals surface area contributed by atoms with Crippen LogP contribution < -0.4 is 9.80 Å². The van der Waals surface area contributed by atoms with Gasteiger partial charge >= 0.3 is 5.69 Å². The Balaban J connectivity index is 1.91. The standard InChI is InChI=1S/C18H21N3O4S/c1-26(24,25)17-10-5-9-16(18(17)21(22)23)20-12-6-11-19(13-14-20)15-7-3-2-4-8-15/h2-5,7-10H,6,11-14H2,1H3. The molecule has 0 saturated carbocycles. The van der Waals surface area contributed by atoms with E-state index < -0.39 is 14.8 Å². The third-order valence-electron chi connectivity index (χ3n) is 4.52. The largest absolute Gasteiger partial charge is 0.370 e. The Morgan fingerprint density at radius 3 is 2.23 bits per heavy atom. The molecule has 1 saturated heterocycles. The van der Waals surface area contributed by atoms with Gasteiger partial charge in [0.05, 0.1) is 4.92 Å². The Kier molecular flexibility index (Phi) is 5.13. The predicted molar refractivity (Wildman–Crippen MR) is 102 cm³/mol. The second kappa shape index (κ2) is 7.33. The number of rotatable bonds is 4. The first-order valence-electron chi connectivity index (χ1n) is 8.40. The molecule has 1 aliphatic heterocycles. The van der Waals surface area contributed by atoms with Crippen molar-refractivity contribution >= 4 is 26.9 Å². The monoisotopic (exact) mass is 375 g/mol. The Morgan fingerprint density at radius 2 is 1.58 bits per heavy atom. The maximum atomic E-state index is 12.0. The average Bonchev–Trinajstić information content (AvgIpc) is 2.87. The zero-order chi connectivity index (χ0) is 18.7. The van der Waals surface area contributed by atoms with E-state index in [-0.39, 0.29) is 10.6 Å². The predicted octanol–water partition coefficient (Wildman–Crippen LogP) is 2.72. The van der Waals surface area contributed by atoms with Crippen molar-refractivity contribution in [2.45, 2.75) is 11.3 Å². The van der Waals surface area contributed by atoms with Crippen molar-refractivity contribution < 1.29 is 13.3 Å². The van der Waals surface area contributed by atoms with Crippen molar-refractivity contribution in [3.63, 3.8) is 0 Å². The maximum absolute atomic E-state index is 12.0. The minimum atomic E-state index is -3.68. The lowest BCUT2D eigenvalue weighted by Crippen LogP contribution is -2.31. The Morgan fingerprint density at radius 1 is 0.923 bits per heavy atom. The van der Waals surface area contributed by atoms with E-state index in [9.17, 15) is 18.5 Å². The van der Waals surface area contributed by atoms with Crippen LogP contribution in [0.1, 0.15) is 6.42 Å². The molecule has 3 rings (SSSR count). The molecule has 0 radical (unpaired) electrons. The first-order valence-corrected chi connectivity index (χ1v) is 10.3. The number of para-hydroxylation sites is 2. The molecule has 26 heavy (non-hydrogen) atoms. The van der Waals surface area contributed by atoms with Crippen molar-refractivity contribution in [1.82, 2.24) is 0 Å². The number of nitro benzene ring substituents is 1. The molecule has 0 spiro atoms. The number of hydrogen-bond donors (Lipinski definition) is 0. The van der Waals surface area contributed by atoms with E-state index in [1.165, 1.54) is 6.07 Å². The Hall–Kier alpha value is -2.61. The fraction of sp³-hybridized carbons (Fsp3) is 0.333. The molecular weight excluding hydrogens is 354 g/mol. The summed E-state index contributed by atoms with van der Waals surface area (Å²) in [5.74, 6) is 0. The number of anilines is 2. The molecule has 0 amide bonds. The molecule has 1 aliphatic rings. The summed E-state index contributed by atoms with van der Waals surface area (Å²) in [6.07, 6.45) is 1.83. The summed E-state index contributed by atoms with van der Waals surface area (Å²) >= 11 is 0. The molecule has 0 unspecified atom stereocenters. The maximum Gasteiger partial charge on any atom is 0.311 e. The van der Waals surface area contributed by atoms with Gasteiger partial charge in [0.25, 0.3) is 0 Å². The van der Waals surface area contributed by atoms with Gasteiger partial charge in [-0.15, -0.1) is 0 Å². The molecule has 0 aliphatic carbocycles. The van der Waals surface area contributed by atoms with Crippen LogP contribution in [-0.2, 0) is 9.84 Å². The third-order valence-corrected chi connectivity index (χ3v) is 5.65. The van der Waals surface area contributed by atoms with Crippen LogP contribution in [0.15, 0.2) is 53.4 Å². The van der Waals surface area contributed by atoms with Gasteiger partial charge in [-0.3, -0.25) is 10.1 Å². The van der Waals surface area contributed by atoms with E-state index in [0.717, 1.165) is 24.9 Å². The number of hydrogen-bond acceptors (Lipinski definition) is 6. The number of sulfone groups is 1. The lowest BCUT2D eigenvalue weighted by atomic mass is 10.2. The topological polar surface area (TPSA) is 83.8 Å². The quantitative estimate of drug-likeness (QED) is 0.603. The first-order chi connectivity index (χ1) is 12.4. The SMILES string of the molecule is CS(=O)(=O)c1cccc(N2CCCN(c3ccccc3)CC2)c1[N+](=O)[O-]. The van der Waals surface area contributed by atoms with Crippen molar-refractivity contribution in [2.75, 3.05) is 42.2 Å². The Labute approximate surface area is 152 Å².